The molecular weight excluding hydrogens is 236 g/mol. The molecule has 1 saturated heterocycles. The lowest BCUT2D eigenvalue weighted by atomic mass is 9.98. The van der Waals surface area contributed by atoms with E-state index in [0.717, 1.165) is 44.5 Å². The molecule has 2 rings (SSSR count). The van der Waals surface area contributed by atoms with Crippen LogP contribution < -0.4 is 0 Å². The average Bonchev–Trinajstić information content (AvgIpc) is 2.44. The molecule has 0 amide bonds. The van der Waals surface area contributed by atoms with Crippen LogP contribution in [0.3, 0.4) is 0 Å². The Labute approximate surface area is 107 Å². The van der Waals surface area contributed by atoms with Crippen LogP contribution >= 0.6 is 11.6 Å². The van der Waals surface area contributed by atoms with Crippen LogP contribution in [0.4, 0.5) is 0 Å². The highest BCUT2D eigenvalue weighted by atomic mass is 35.5. The van der Waals surface area contributed by atoms with Crippen LogP contribution in [0.5, 0.6) is 0 Å². The van der Waals surface area contributed by atoms with Gasteiger partial charge in [-0.2, -0.15) is 0 Å². The summed E-state index contributed by atoms with van der Waals surface area (Å²) >= 11 is 6.05. The summed E-state index contributed by atoms with van der Waals surface area (Å²) in [5.41, 5.74) is 0.559. The lowest BCUT2D eigenvalue weighted by Gasteiger charge is -2.22. The van der Waals surface area contributed by atoms with Crippen LogP contribution in [0, 0.1) is 0 Å². The highest BCUT2D eigenvalue weighted by Gasteiger charge is 2.25. The quantitative estimate of drug-likeness (QED) is 0.824. The fourth-order valence-corrected chi connectivity index (χ4v) is 2.43. The lowest BCUT2D eigenvalue weighted by Crippen LogP contribution is -2.28. The first-order valence-electron chi connectivity index (χ1n) is 6.11. The molecule has 0 aromatic carbocycles. The van der Waals surface area contributed by atoms with Gasteiger partial charge in [-0.05, 0) is 38.8 Å². The minimum Gasteiger partial charge on any atom is -0.390 e. The van der Waals surface area contributed by atoms with Gasteiger partial charge in [-0.3, -0.25) is 4.90 Å². The van der Waals surface area contributed by atoms with Crippen molar-refractivity contribution in [1.29, 1.82) is 0 Å². The van der Waals surface area contributed by atoms with E-state index in [-0.39, 0.29) is 0 Å². The van der Waals surface area contributed by atoms with Crippen molar-refractivity contribution in [3.63, 3.8) is 0 Å². The molecule has 0 spiro atoms. The van der Waals surface area contributed by atoms with Gasteiger partial charge in [0.05, 0.1) is 5.60 Å². The van der Waals surface area contributed by atoms with E-state index in [1.165, 1.54) is 0 Å². The van der Waals surface area contributed by atoms with Gasteiger partial charge in [-0.15, -0.1) is 0 Å². The van der Waals surface area contributed by atoms with Gasteiger partial charge in [0.25, 0.3) is 0 Å². The maximum Gasteiger partial charge on any atom is 0.133 e. The van der Waals surface area contributed by atoms with Crippen LogP contribution in [-0.4, -0.2) is 33.7 Å². The maximum atomic E-state index is 10.0. The van der Waals surface area contributed by atoms with Crippen molar-refractivity contribution in [2.75, 3.05) is 13.1 Å². The minimum absolute atomic E-state index is 0.506. The number of aromatic nitrogens is 1. The maximum absolute atomic E-state index is 10.0. The third-order valence-electron chi connectivity index (χ3n) is 3.39. The third-order valence-corrected chi connectivity index (χ3v) is 3.73. The van der Waals surface area contributed by atoms with E-state index in [1.54, 1.807) is 6.20 Å². The molecule has 1 unspecified atom stereocenters. The summed E-state index contributed by atoms with van der Waals surface area (Å²) in [7, 11) is 0. The van der Waals surface area contributed by atoms with Crippen LogP contribution in [0.2, 0.25) is 5.15 Å². The molecule has 1 aromatic rings. The second kappa shape index (κ2) is 5.34. The van der Waals surface area contributed by atoms with E-state index in [4.69, 9.17) is 11.6 Å². The number of hydrogen-bond acceptors (Lipinski definition) is 3. The summed E-state index contributed by atoms with van der Waals surface area (Å²) < 4.78 is 0. The van der Waals surface area contributed by atoms with Gasteiger partial charge in [0, 0.05) is 24.8 Å². The Balaban J connectivity index is 1.98. The Morgan fingerprint density at radius 2 is 2.29 bits per heavy atom. The molecule has 1 aromatic heterocycles. The molecule has 1 N–H and O–H groups in total. The van der Waals surface area contributed by atoms with E-state index >= 15 is 0 Å². The molecule has 3 nitrogen and oxygen atoms in total. The molecule has 17 heavy (non-hydrogen) atoms. The van der Waals surface area contributed by atoms with Gasteiger partial charge in [0.2, 0.25) is 0 Å². The highest BCUT2D eigenvalue weighted by Crippen LogP contribution is 2.23. The van der Waals surface area contributed by atoms with E-state index in [1.807, 2.05) is 19.1 Å². The molecule has 0 bridgehead atoms. The minimum atomic E-state index is -0.506. The van der Waals surface area contributed by atoms with Crippen LogP contribution in [0.15, 0.2) is 18.3 Å². The summed E-state index contributed by atoms with van der Waals surface area (Å²) in [6.45, 7) is 4.68. The van der Waals surface area contributed by atoms with Crippen molar-refractivity contribution in [2.45, 2.75) is 38.3 Å². The topological polar surface area (TPSA) is 36.4 Å². The molecule has 0 radical (unpaired) electrons. The molecule has 4 heteroatoms. The van der Waals surface area contributed by atoms with Crippen molar-refractivity contribution < 1.29 is 5.11 Å². The first-order valence-corrected chi connectivity index (χ1v) is 6.49. The number of nitrogens with zero attached hydrogens (tertiary/aromatic N) is 2. The predicted octanol–water partition coefficient (Wildman–Crippen LogP) is 2.47. The van der Waals surface area contributed by atoms with Gasteiger partial charge in [-0.1, -0.05) is 17.7 Å². The summed E-state index contributed by atoms with van der Waals surface area (Å²) in [5.74, 6) is 0. The first kappa shape index (κ1) is 12.8. The second-order valence-corrected chi connectivity index (χ2v) is 5.44. The van der Waals surface area contributed by atoms with Crippen molar-refractivity contribution >= 4 is 11.6 Å². The number of hydrogen-bond donors (Lipinski definition) is 1. The molecule has 1 aliphatic heterocycles. The smallest absolute Gasteiger partial charge is 0.133 e. The summed E-state index contributed by atoms with van der Waals surface area (Å²) in [6, 6.07) is 3.92. The van der Waals surface area contributed by atoms with Gasteiger partial charge >= 0.3 is 0 Å². The number of aliphatic hydroxyl groups is 1. The number of halogens is 1. The molecule has 0 aliphatic carbocycles. The molecular formula is C13H19ClN2O. The standard InChI is InChI=1S/C13H19ClN2O/c1-13(17)5-3-8-16(9-6-13)10-11-4-2-7-15-12(11)14/h2,4,7,17H,3,5-6,8-10H2,1H3. The van der Waals surface area contributed by atoms with Crippen LogP contribution in [0.25, 0.3) is 0 Å². The molecule has 1 aliphatic rings. The number of likely N-dealkylation sites (tertiary alicyclic amines) is 1. The zero-order valence-corrected chi connectivity index (χ0v) is 11.0. The fraction of sp³-hybridized carbons (Fsp3) is 0.615. The monoisotopic (exact) mass is 254 g/mol. The van der Waals surface area contributed by atoms with Crippen LogP contribution in [-0.2, 0) is 6.54 Å². The van der Waals surface area contributed by atoms with Gasteiger partial charge in [0.15, 0.2) is 0 Å². The molecule has 94 valence electrons. The van der Waals surface area contributed by atoms with E-state index in [0.29, 0.717) is 5.15 Å². The SMILES string of the molecule is CC1(O)CCCN(Cc2cccnc2Cl)CC1. The lowest BCUT2D eigenvalue weighted by molar-refractivity contribution is 0.0444. The zero-order chi connectivity index (χ0) is 12.3. The van der Waals surface area contributed by atoms with Crippen molar-refractivity contribution in [2.24, 2.45) is 0 Å². The van der Waals surface area contributed by atoms with E-state index in [9.17, 15) is 5.11 Å². The van der Waals surface area contributed by atoms with Crippen molar-refractivity contribution in [3.05, 3.63) is 29.0 Å². The Morgan fingerprint density at radius 1 is 1.47 bits per heavy atom. The molecule has 1 fully saturated rings. The summed E-state index contributed by atoms with van der Waals surface area (Å²) in [6.07, 6.45) is 4.44. The fourth-order valence-electron chi connectivity index (χ4n) is 2.26. The highest BCUT2D eigenvalue weighted by molar-refractivity contribution is 6.30. The predicted molar refractivity (Wildman–Crippen MR) is 69.0 cm³/mol. The van der Waals surface area contributed by atoms with Gasteiger partial charge < -0.3 is 5.11 Å². The van der Waals surface area contributed by atoms with Crippen molar-refractivity contribution in [1.82, 2.24) is 9.88 Å². The number of rotatable bonds is 2. The van der Waals surface area contributed by atoms with Gasteiger partial charge in [0.1, 0.15) is 5.15 Å². The Kier molecular flexibility index (Phi) is 4.02. The summed E-state index contributed by atoms with van der Waals surface area (Å²) in [4.78, 5) is 6.42. The zero-order valence-electron chi connectivity index (χ0n) is 10.2. The van der Waals surface area contributed by atoms with Crippen LogP contribution in [0.1, 0.15) is 31.7 Å². The van der Waals surface area contributed by atoms with Gasteiger partial charge in [-0.25, -0.2) is 4.98 Å². The Morgan fingerprint density at radius 3 is 3.06 bits per heavy atom. The molecule has 2 heterocycles. The Bertz CT molecular complexity index is 381. The normalized spacial score (nSPS) is 26.8. The largest absolute Gasteiger partial charge is 0.390 e. The van der Waals surface area contributed by atoms with E-state index in [2.05, 4.69) is 9.88 Å². The molecule has 1 atom stereocenters. The third kappa shape index (κ3) is 3.66. The second-order valence-electron chi connectivity index (χ2n) is 5.08. The number of pyridine rings is 1. The summed E-state index contributed by atoms with van der Waals surface area (Å²) in [5, 5.41) is 10.6. The first-order chi connectivity index (χ1) is 8.07. The average molecular weight is 255 g/mol. The molecule has 0 saturated carbocycles. The Hall–Kier alpha value is -0.640. The van der Waals surface area contributed by atoms with Crippen molar-refractivity contribution in [3.8, 4) is 0 Å². The van der Waals surface area contributed by atoms with E-state index < -0.39 is 5.60 Å².